The van der Waals surface area contributed by atoms with Crippen LogP contribution in [0.1, 0.15) is 49.5 Å². The molecule has 2 amide bonds. The predicted molar refractivity (Wildman–Crippen MR) is 86.0 cm³/mol. The van der Waals surface area contributed by atoms with Crippen LogP contribution in [0.2, 0.25) is 0 Å². The number of phenolic OH excluding ortho intramolecular Hbond substituents is 1. The summed E-state index contributed by atoms with van der Waals surface area (Å²) in [6, 6.07) is 3.72. The molecule has 130 valence electrons. The van der Waals surface area contributed by atoms with E-state index >= 15 is 0 Å². The lowest BCUT2D eigenvalue weighted by atomic mass is 10.1. The van der Waals surface area contributed by atoms with Crippen molar-refractivity contribution in [2.45, 2.75) is 51.8 Å². The van der Waals surface area contributed by atoms with Crippen molar-refractivity contribution >= 4 is 17.8 Å². The smallest absolute Gasteiger partial charge is 0.329 e. The van der Waals surface area contributed by atoms with E-state index in [1.54, 1.807) is 32.9 Å². The van der Waals surface area contributed by atoms with Gasteiger partial charge < -0.3 is 20.5 Å². The maximum Gasteiger partial charge on any atom is 0.329 e. The van der Waals surface area contributed by atoms with Crippen molar-refractivity contribution in [3.05, 3.63) is 29.3 Å². The molecule has 7 heteroatoms. The number of ether oxygens (including phenoxy) is 1. The number of nitrogens with two attached hydrogens (primary N) is 1. The van der Waals surface area contributed by atoms with Gasteiger partial charge in [0.2, 0.25) is 5.91 Å². The number of hydrogen-bond donors (Lipinski definition) is 2. The van der Waals surface area contributed by atoms with Crippen LogP contribution >= 0.6 is 0 Å². The monoisotopic (exact) mass is 334 g/mol. The Hall–Kier alpha value is -2.57. The summed E-state index contributed by atoms with van der Waals surface area (Å²) in [7, 11) is 0. The maximum absolute atomic E-state index is 12.6. The van der Waals surface area contributed by atoms with E-state index in [0.29, 0.717) is 11.1 Å². The molecule has 0 aromatic heterocycles. The molecule has 0 aliphatic carbocycles. The Morgan fingerprint density at radius 3 is 2.58 bits per heavy atom. The van der Waals surface area contributed by atoms with Crippen molar-refractivity contribution in [1.29, 1.82) is 0 Å². The number of nitrogens with zero attached hydrogens (tertiary/aromatic N) is 1. The fourth-order valence-electron chi connectivity index (χ4n) is 2.64. The van der Waals surface area contributed by atoms with Gasteiger partial charge in [0.05, 0.1) is 6.54 Å². The van der Waals surface area contributed by atoms with E-state index in [9.17, 15) is 19.5 Å². The highest BCUT2D eigenvalue weighted by atomic mass is 16.6. The zero-order valence-electron chi connectivity index (χ0n) is 14.0. The molecule has 0 fully saturated rings. The van der Waals surface area contributed by atoms with Gasteiger partial charge in [-0.25, -0.2) is 4.79 Å². The second-order valence-corrected chi connectivity index (χ2v) is 6.79. The van der Waals surface area contributed by atoms with Crippen LogP contribution in [-0.2, 0) is 20.9 Å². The number of fused-ring (bicyclic) bond motifs is 1. The third-order valence-electron chi connectivity index (χ3n) is 3.69. The summed E-state index contributed by atoms with van der Waals surface area (Å²) in [4.78, 5) is 37.5. The number of primary amides is 1. The number of aromatic hydroxyl groups is 1. The Labute approximate surface area is 140 Å². The molecular weight excluding hydrogens is 312 g/mol. The predicted octanol–water partition coefficient (Wildman–Crippen LogP) is 1.32. The van der Waals surface area contributed by atoms with Gasteiger partial charge in [0.25, 0.3) is 5.91 Å². The van der Waals surface area contributed by atoms with Crippen molar-refractivity contribution < 1.29 is 24.2 Å². The number of rotatable bonds is 5. The molecule has 0 saturated carbocycles. The van der Waals surface area contributed by atoms with Gasteiger partial charge in [-0.1, -0.05) is 6.07 Å². The summed E-state index contributed by atoms with van der Waals surface area (Å²) in [5, 5.41) is 9.92. The lowest BCUT2D eigenvalue weighted by Crippen LogP contribution is -2.45. The minimum atomic E-state index is -0.934. The highest BCUT2D eigenvalue weighted by Crippen LogP contribution is 2.32. The average molecular weight is 334 g/mol. The number of carbonyl (C=O) groups is 3. The zero-order valence-corrected chi connectivity index (χ0v) is 14.0. The minimum absolute atomic E-state index is 0.00110. The van der Waals surface area contributed by atoms with Crippen molar-refractivity contribution in [2.24, 2.45) is 5.73 Å². The molecule has 0 bridgehead atoms. The van der Waals surface area contributed by atoms with Crippen LogP contribution in [0.4, 0.5) is 0 Å². The van der Waals surface area contributed by atoms with Crippen LogP contribution in [0.25, 0.3) is 0 Å². The second kappa shape index (κ2) is 6.51. The van der Waals surface area contributed by atoms with Crippen LogP contribution in [0, 0.1) is 0 Å². The number of phenols is 1. The van der Waals surface area contributed by atoms with Crippen LogP contribution in [-0.4, -0.2) is 39.4 Å². The first-order chi connectivity index (χ1) is 11.1. The second-order valence-electron chi connectivity index (χ2n) is 6.79. The highest BCUT2D eigenvalue weighted by molar-refractivity contribution is 6.01. The quantitative estimate of drug-likeness (QED) is 0.789. The largest absolute Gasteiger partial charge is 0.508 e. The third kappa shape index (κ3) is 3.84. The van der Waals surface area contributed by atoms with Gasteiger partial charge in [-0.15, -0.1) is 0 Å². The summed E-state index contributed by atoms with van der Waals surface area (Å²) in [6.07, 6.45) is 0.0285. The number of benzene rings is 1. The van der Waals surface area contributed by atoms with E-state index in [-0.39, 0.29) is 31.0 Å². The summed E-state index contributed by atoms with van der Waals surface area (Å²) >= 11 is 0. The molecule has 1 aliphatic rings. The third-order valence-corrected chi connectivity index (χ3v) is 3.69. The average Bonchev–Trinajstić information content (AvgIpc) is 2.76. The minimum Gasteiger partial charge on any atom is -0.508 e. The topological polar surface area (TPSA) is 110 Å². The molecule has 0 radical (unpaired) electrons. The van der Waals surface area contributed by atoms with Gasteiger partial charge in [-0.2, -0.15) is 0 Å². The van der Waals surface area contributed by atoms with Gasteiger partial charge in [0.15, 0.2) is 0 Å². The normalized spacial score (nSPS) is 15.1. The van der Waals surface area contributed by atoms with E-state index in [2.05, 4.69) is 0 Å². The van der Waals surface area contributed by atoms with E-state index in [1.165, 1.54) is 11.0 Å². The zero-order chi connectivity index (χ0) is 18.1. The number of esters is 1. The fourth-order valence-corrected chi connectivity index (χ4v) is 2.64. The van der Waals surface area contributed by atoms with E-state index < -0.39 is 23.5 Å². The molecule has 7 nitrogen and oxygen atoms in total. The van der Waals surface area contributed by atoms with Gasteiger partial charge in [-0.3, -0.25) is 9.59 Å². The summed E-state index contributed by atoms with van der Waals surface area (Å²) in [5.41, 5.74) is 5.27. The van der Waals surface area contributed by atoms with Crippen LogP contribution in [0.5, 0.6) is 5.75 Å². The fraction of sp³-hybridized carbons (Fsp3) is 0.471. The molecule has 1 aromatic rings. The molecule has 1 heterocycles. The Morgan fingerprint density at radius 1 is 1.38 bits per heavy atom. The first-order valence-corrected chi connectivity index (χ1v) is 7.73. The molecule has 1 aliphatic heterocycles. The van der Waals surface area contributed by atoms with Crippen molar-refractivity contribution in [2.75, 3.05) is 0 Å². The molecule has 1 unspecified atom stereocenters. The van der Waals surface area contributed by atoms with Gasteiger partial charge >= 0.3 is 5.97 Å². The lowest BCUT2D eigenvalue weighted by Gasteiger charge is -2.29. The summed E-state index contributed by atoms with van der Waals surface area (Å²) < 4.78 is 5.37. The van der Waals surface area contributed by atoms with Gasteiger partial charge in [-0.05, 0) is 39.3 Å². The lowest BCUT2D eigenvalue weighted by molar-refractivity contribution is -0.160. The number of carbonyl (C=O) groups excluding carboxylic acids is 3. The SMILES string of the molecule is CC(C)(C)OC(=O)C(CCC(N)=O)N1Cc2c(O)cccc2C1=O. The van der Waals surface area contributed by atoms with Crippen LogP contribution in [0.3, 0.4) is 0 Å². The first kappa shape index (κ1) is 17.8. The van der Waals surface area contributed by atoms with Crippen molar-refractivity contribution in [3.8, 4) is 5.75 Å². The van der Waals surface area contributed by atoms with Crippen LogP contribution < -0.4 is 5.73 Å². The molecule has 1 atom stereocenters. The summed E-state index contributed by atoms with van der Waals surface area (Å²) in [6.45, 7) is 5.26. The number of hydrogen-bond acceptors (Lipinski definition) is 5. The van der Waals surface area contributed by atoms with Crippen molar-refractivity contribution in [1.82, 2.24) is 4.90 Å². The number of amides is 2. The van der Waals surface area contributed by atoms with Gasteiger partial charge in [0, 0.05) is 17.5 Å². The Kier molecular flexibility index (Phi) is 4.82. The van der Waals surface area contributed by atoms with E-state index in [0.717, 1.165) is 0 Å². The Balaban J connectivity index is 2.28. The van der Waals surface area contributed by atoms with Gasteiger partial charge in [0.1, 0.15) is 17.4 Å². The summed E-state index contributed by atoms with van der Waals surface area (Å²) in [5.74, 6) is -1.53. The molecule has 0 spiro atoms. The standard InChI is InChI=1S/C17H22N2O5/c1-17(2,3)24-16(23)12(7-8-14(18)21)19-9-11-10(15(19)22)5-4-6-13(11)20/h4-6,12,20H,7-9H2,1-3H3,(H2,18,21). The van der Waals surface area contributed by atoms with Crippen LogP contribution in [0.15, 0.2) is 18.2 Å². The molecule has 2 rings (SSSR count). The molecule has 0 saturated heterocycles. The highest BCUT2D eigenvalue weighted by Gasteiger charge is 2.39. The molecule has 24 heavy (non-hydrogen) atoms. The Bertz CT molecular complexity index is 678. The molecule has 1 aromatic carbocycles. The first-order valence-electron chi connectivity index (χ1n) is 7.73. The maximum atomic E-state index is 12.6. The van der Waals surface area contributed by atoms with E-state index in [1.807, 2.05) is 0 Å². The Morgan fingerprint density at radius 2 is 2.04 bits per heavy atom. The van der Waals surface area contributed by atoms with E-state index in [4.69, 9.17) is 10.5 Å². The molecular formula is C17H22N2O5. The van der Waals surface area contributed by atoms with Crippen molar-refractivity contribution in [3.63, 3.8) is 0 Å². The molecule has 3 N–H and O–H groups in total.